The van der Waals surface area contributed by atoms with E-state index in [4.69, 9.17) is 0 Å². The average Bonchev–Trinajstić information content (AvgIpc) is 2.20. The minimum atomic E-state index is -0.0657. The zero-order chi connectivity index (χ0) is 14.0. The molecule has 0 bridgehead atoms. The number of hydrogen-bond acceptors (Lipinski definition) is 3. The predicted octanol–water partition coefficient (Wildman–Crippen LogP) is 3.01. The van der Waals surface area contributed by atoms with Gasteiger partial charge in [0, 0.05) is 0 Å². The van der Waals surface area contributed by atoms with Crippen LogP contribution >= 0.6 is 0 Å². The summed E-state index contributed by atoms with van der Waals surface area (Å²) in [6.07, 6.45) is 0.991. The molecule has 0 heterocycles. The molecule has 0 aliphatic heterocycles. The molecule has 1 aromatic rings. The molecule has 3 heteroatoms. The Morgan fingerprint density at radius 3 is 2.17 bits per heavy atom. The SMILES string of the molecule is CNCC(C)(C)CC(C)(C)c1ccc(O)c(O)c1. The van der Waals surface area contributed by atoms with Crippen molar-refractivity contribution in [1.29, 1.82) is 0 Å². The summed E-state index contributed by atoms with van der Waals surface area (Å²) in [5, 5.41) is 22.2. The maximum absolute atomic E-state index is 9.60. The van der Waals surface area contributed by atoms with E-state index in [1.165, 1.54) is 0 Å². The third-order valence-corrected chi connectivity index (χ3v) is 3.33. The van der Waals surface area contributed by atoms with Gasteiger partial charge in [0.05, 0.1) is 0 Å². The van der Waals surface area contributed by atoms with Crippen molar-refractivity contribution < 1.29 is 10.2 Å². The molecule has 0 radical (unpaired) electrons. The zero-order valence-electron chi connectivity index (χ0n) is 12.0. The molecule has 1 aromatic carbocycles. The lowest BCUT2D eigenvalue weighted by Gasteiger charge is -2.35. The quantitative estimate of drug-likeness (QED) is 0.705. The van der Waals surface area contributed by atoms with Gasteiger partial charge in [-0.3, -0.25) is 0 Å². The molecule has 0 aliphatic carbocycles. The molecule has 0 spiro atoms. The third kappa shape index (κ3) is 3.64. The fourth-order valence-corrected chi connectivity index (χ4v) is 2.78. The van der Waals surface area contributed by atoms with Crippen LogP contribution in [-0.2, 0) is 5.41 Å². The van der Waals surface area contributed by atoms with E-state index in [1.807, 2.05) is 13.1 Å². The number of phenolic OH excluding ortho intramolecular Hbond substituents is 2. The first-order valence-electron chi connectivity index (χ1n) is 6.35. The average molecular weight is 251 g/mol. The maximum Gasteiger partial charge on any atom is 0.157 e. The minimum Gasteiger partial charge on any atom is -0.504 e. The molecule has 18 heavy (non-hydrogen) atoms. The first-order chi connectivity index (χ1) is 8.18. The van der Waals surface area contributed by atoms with Crippen LogP contribution in [0, 0.1) is 5.41 Å². The topological polar surface area (TPSA) is 52.5 Å². The van der Waals surface area contributed by atoms with E-state index in [1.54, 1.807) is 12.1 Å². The van der Waals surface area contributed by atoms with Crippen LogP contribution in [0.15, 0.2) is 18.2 Å². The Bertz CT molecular complexity index is 411. The fraction of sp³-hybridized carbons (Fsp3) is 0.600. The summed E-state index contributed by atoms with van der Waals surface area (Å²) in [5.74, 6) is -0.115. The lowest BCUT2D eigenvalue weighted by atomic mass is 9.71. The third-order valence-electron chi connectivity index (χ3n) is 3.33. The van der Waals surface area contributed by atoms with E-state index in [2.05, 4.69) is 33.0 Å². The molecule has 0 aliphatic rings. The van der Waals surface area contributed by atoms with Gasteiger partial charge >= 0.3 is 0 Å². The van der Waals surface area contributed by atoms with E-state index in [-0.39, 0.29) is 22.3 Å². The van der Waals surface area contributed by atoms with Gasteiger partial charge in [0.2, 0.25) is 0 Å². The molecule has 102 valence electrons. The van der Waals surface area contributed by atoms with Crippen LogP contribution in [-0.4, -0.2) is 23.8 Å². The van der Waals surface area contributed by atoms with Crippen LogP contribution in [0.3, 0.4) is 0 Å². The van der Waals surface area contributed by atoms with Crippen LogP contribution in [0.2, 0.25) is 0 Å². The van der Waals surface area contributed by atoms with Crippen molar-refractivity contribution in [3.63, 3.8) is 0 Å². The first-order valence-corrected chi connectivity index (χ1v) is 6.35. The Morgan fingerprint density at radius 1 is 1.06 bits per heavy atom. The van der Waals surface area contributed by atoms with Crippen molar-refractivity contribution in [3.05, 3.63) is 23.8 Å². The van der Waals surface area contributed by atoms with Crippen LogP contribution in [0.5, 0.6) is 11.5 Å². The van der Waals surface area contributed by atoms with E-state index in [9.17, 15) is 10.2 Å². The highest BCUT2D eigenvalue weighted by Gasteiger charge is 2.30. The molecule has 0 amide bonds. The Kier molecular flexibility index (Phi) is 4.28. The van der Waals surface area contributed by atoms with Gasteiger partial charge in [-0.15, -0.1) is 0 Å². The van der Waals surface area contributed by atoms with Gasteiger partial charge in [0.15, 0.2) is 11.5 Å². The lowest BCUT2D eigenvalue weighted by Crippen LogP contribution is -2.33. The van der Waals surface area contributed by atoms with E-state index >= 15 is 0 Å². The largest absolute Gasteiger partial charge is 0.504 e. The van der Waals surface area contributed by atoms with Gasteiger partial charge in [-0.1, -0.05) is 33.8 Å². The van der Waals surface area contributed by atoms with Gasteiger partial charge in [0.25, 0.3) is 0 Å². The van der Waals surface area contributed by atoms with Crippen LogP contribution in [0.1, 0.15) is 39.7 Å². The normalized spacial score (nSPS) is 12.7. The Labute approximate surface area is 110 Å². The standard InChI is InChI=1S/C15H25NO2/c1-14(2,10-16-5)9-15(3,4)11-6-7-12(17)13(18)8-11/h6-8,16-18H,9-10H2,1-5H3. The summed E-state index contributed by atoms with van der Waals surface area (Å²) >= 11 is 0. The van der Waals surface area contributed by atoms with Crippen LogP contribution in [0.4, 0.5) is 0 Å². The summed E-state index contributed by atoms with van der Waals surface area (Å²) in [4.78, 5) is 0. The van der Waals surface area contributed by atoms with Crippen molar-refractivity contribution in [2.75, 3.05) is 13.6 Å². The van der Waals surface area contributed by atoms with Crippen LogP contribution in [0.25, 0.3) is 0 Å². The number of nitrogens with one attached hydrogen (secondary N) is 1. The van der Waals surface area contributed by atoms with Crippen molar-refractivity contribution in [2.45, 2.75) is 39.5 Å². The molecular formula is C15H25NO2. The molecule has 0 unspecified atom stereocenters. The monoisotopic (exact) mass is 251 g/mol. The van der Waals surface area contributed by atoms with Crippen molar-refractivity contribution >= 4 is 0 Å². The van der Waals surface area contributed by atoms with Gasteiger partial charge in [-0.05, 0) is 48.5 Å². The van der Waals surface area contributed by atoms with Crippen molar-refractivity contribution in [1.82, 2.24) is 5.32 Å². The van der Waals surface area contributed by atoms with E-state index < -0.39 is 0 Å². The number of rotatable bonds is 5. The molecular weight excluding hydrogens is 226 g/mol. The maximum atomic E-state index is 9.60. The molecule has 3 N–H and O–H groups in total. The smallest absolute Gasteiger partial charge is 0.157 e. The minimum absolute atomic E-state index is 0.0491. The highest BCUT2D eigenvalue weighted by atomic mass is 16.3. The second kappa shape index (κ2) is 5.19. The fourth-order valence-electron chi connectivity index (χ4n) is 2.78. The van der Waals surface area contributed by atoms with E-state index in [0.717, 1.165) is 18.5 Å². The van der Waals surface area contributed by atoms with Crippen molar-refractivity contribution in [3.8, 4) is 11.5 Å². The summed E-state index contributed by atoms with van der Waals surface area (Å²) < 4.78 is 0. The summed E-state index contributed by atoms with van der Waals surface area (Å²) in [5.41, 5.74) is 1.17. The molecule has 0 fully saturated rings. The highest BCUT2D eigenvalue weighted by molar-refractivity contribution is 5.42. The number of hydrogen-bond donors (Lipinski definition) is 3. The Morgan fingerprint density at radius 2 is 1.67 bits per heavy atom. The first kappa shape index (κ1) is 14.8. The zero-order valence-corrected chi connectivity index (χ0v) is 12.0. The Balaban J connectivity index is 2.95. The molecule has 3 nitrogen and oxygen atoms in total. The number of phenols is 2. The lowest BCUT2D eigenvalue weighted by molar-refractivity contribution is 0.251. The van der Waals surface area contributed by atoms with E-state index in [0.29, 0.717) is 0 Å². The van der Waals surface area contributed by atoms with Gasteiger partial charge < -0.3 is 15.5 Å². The summed E-state index contributed by atoms with van der Waals surface area (Å²) in [7, 11) is 1.96. The van der Waals surface area contributed by atoms with Gasteiger partial charge in [-0.25, -0.2) is 0 Å². The molecule has 0 saturated heterocycles. The van der Waals surface area contributed by atoms with Crippen LogP contribution < -0.4 is 5.32 Å². The Hall–Kier alpha value is -1.22. The van der Waals surface area contributed by atoms with Gasteiger partial charge in [0.1, 0.15) is 0 Å². The van der Waals surface area contributed by atoms with Crippen molar-refractivity contribution in [2.24, 2.45) is 5.41 Å². The van der Waals surface area contributed by atoms with Gasteiger partial charge in [-0.2, -0.15) is 0 Å². The number of aromatic hydroxyl groups is 2. The molecule has 0 saturated carbocycles. The highest BCUT2D eigenvalue weighted by Crippen LogP contribution is 2.38. The molecule has 0 atom stereocenters. The summed E-state index contributed by atoms with van der Waals surface area (Å²) in [6.45, 7) is 9.73. The second-order valence-corrected chi connectivity index (χ2v) is 6.46. The summed E-state index contributed by atoms with van der Waals surface area (Å²) in [6, 6.07) is 5.09. The second-order valence-electron chi connectivity index (χ2n) is 6.46. The number of benzene rings is 1. The molecule has 1 rings (SSSR count). The molecule has 0 aromatic heterocycles. The predicted molar refractivity (Wildman–Crippen MR) is 75.1 cm³/mol.